The number of carboxylic acid groups (broad SMARTS) is 1. The van der Waals surface area contributed by atoms with Gasteiger partial charge in [0.2, 0.25) is 5.91 Å². The molecule has 1 aliphatic carbocycles. The lowest BCUT2D eigenvalue weighted by Crippen LogP contribution is -2.32. The van der Waals surface area contributed by atoms with E-state index in [2.05, 4.69) is 10.6 Å². The molecule has 0 saturated heterocycles. The number of hydrogen-bond donors (Lipinski definition) is 3. The van der Waals surface area contributed by atoms with E-state index in [1.165, 1.54) is 0 Å². The fourth-order valence-electron chi connectivity index (χ4n) is 3.73. The zero-order valence-corrected chi connectivity index (χ0v) is 15.6. The average molecular weight is 360 g/mol. The van der Waals surface area contributed by atoms with Crippen molar-refractivity contribution in [3.63, 3.8) is 0 Å². The molecular formula is C20H28N2O4. The quantitative estimate of drug-likeness (QED) is 0.693. The summed E-state index contributed by atoms with van der Waals surface area (Å²) >= 11 is 0. The highest BCUT2D eigenvalue weighted by Crippen LogP contribution is 2.42. The molecule has 1 aromatic rings. The fraction of sp³-hybridized carbons (Fsp3) is 0.550. The van der Waals surface area contributed by atoms with Crippen LogP contribution in [0.15, 0.2) is 18.2 Å². The van der Waals surface area contributed by atoms with Gasteiger partial charge in [-0.3, -0.25) is 14.4 Å². The molecule has 26 heavy (non-hydrogen) atoms. The Hall–Kier alpha value is -2.37. The van der Waals surface area contributed by atoms with Crippen molar-refractivity contribution in [3.05, 3.63) is 29.3 Å². The Morgan fingerprint density at radius 3 is 2.42 bits per heavy atom. The summed E-state index contributed by atoms with van der Waals surface area (Å²) < 4.78 is 0. The third-order valence-corrected chi connectivity index (χ3v) is 5.09. The largest absolute Gasteiger partial charge is 0.481 e. The van der Waals surface area contributed by atoms with E-state index < -0.39 is 11.4 Å². The lowest BCUT2D eigenvalue weighted by molar-refractivity contribution is -0.140. The number of anilines is 1. The van der Waals surface area contributed by atoms with Crippen LogP contribution >= 0.6 is 0 Å². The topological polar surface area (TPSA) is 95.5 Å². The Labute approximate surface area is 154 Å². The number of hydrogen-bond acceptors (Lipinski definition) is 3. The second-order valence-corrected chi connectivity index (χ2v) is 7.25. The smallest absolute Gasteiger partial charge is 0.303 e. The first-order valence-corrected chi connectivity index (χ1v) is 9.26. The highest BCUT2D eigenvalue weighted by Gasteiger charge is 2.36. The summed E-state index contributed by atoms with van der Waals surface area (Å²) in [7, 11) is 0. The number of aryl methyl sites for hydroxylation is 1. The van der Waals surface area contributed by atoms with Crippen LogP contribution in [0.4, 0.5) is 5.69 Å². The number of amides is 2. The van der Waals surface area contributed by atoms with Crippen LogP contribution in [0.3, 0.4) is 0 Å². The van der Waals surface area contributed by atoms with Gasteiger partial charge in [0.05, 0.1) is 6.42 Å². The Morgan fingerprint density at radius 1 is 1.12 bits per heavy atom. The van der Waals surface area contributed by atoms with Crippen molar-refractivity contribution in [3.8, 4) is 0 Å². The van der Waals surface area contributed by atoms with Crippen LogP contribution in [0.25, 0.3) is 0 Å². The molecule has 142 valence electrons. The first kappa shape index (κ1) is 19.9. The van der Waals surface area contributed by atoms with Crippen molar-refractivity contribution in [2.45, 2.75) is 58.8 Å². The van der Waals surface area contributed by atoms with Gasteiger partial charge < -0.3 is 15.7 Å². The lowest BCUT2D eigenvalue weighted by atomic mass is 9.69. The number of carbonyl (C=O) groups excluding carboxylic acids is 2. The van der Waals surface area contributed by atoms with Crippen LogP contribution in [0.1, 0.15) is 67.8 Å². The van der Waals surface area contributed by atoms with E-state index in [-0.39, 0.29) is 24.7 Å². The second kappa shape index (κ2) is 8.83. The van der Waals surface area contributed by atoms with Gasteiger partial charge in [0.1, 0.15) is 0 Å². The molecule has 0 bridgehead atoms. The van der Waals surface area contributed by atoms with Crippen molar-refractivity contribution in [2.75, 3.05) is 11.9 Å². The van der Waals surface area contributed by atoms with Gasteiger partial charge in [-0.15, -0.1) is 0 Å². The molecule has 0 unspecified atom stereocenters. The summed E-state index contributed by atoms with van der Waals surface area (Å²) in [5, 5.41) is 14.9. The number of nitrogens with one attached hydrogen (secondary N) is 2. The van der Waals surface area contributed by atoms with Gasteiger partial charge in [-0.1, -0.05) is 25.3 Å². The molecule has 0 aromatic heterocycles. The first-order valence-electron chi connectivity index (χ1n) is 9.26. The monoisotopic (exact) mass is 360 g/mol. The molecule has 2 amide bonds. The second-order valence-electron chi connectivity index (χ2n) is 7.25. The zero-order valence-electron chi connectivity index (χ0n) is 15.6. The van der Waals surface area contributed by atoms with Gasteiger partial charge in [0.25, 0.3) is 5.91 Å². The van der Waals surface area contributed by atoms with Crippen LogP contribution in [0.5, 0.6) is 0 Å². The van der Waals surface area contributed by atoms with E-state index >= 15 is 0 Å². The minimum absolute atomic E-state index is 0.0261. The maximum Gasteiger partial charge on any atom is 0.303 e. The van der Waals surface area contributed by atoms with E-state index in [9.17, 15) is 19.5 Å². The summed E-state index contributed by atoms with van der Waals surface area (Å²) in [6.07, 6.45) is 4.78. The van der Waals surface area contributed by atoms with Crippen LogP contribution in [0, 0.1) is 12.3 Å². The van der Waals surface area contributed by atoms with E-state index in [4.69, 9.17) is 0 Å². The van der Waals surface area contributed by atoms with Gasteiger partial charge >= 0.3 is 5.97 Å². The summed E-state index contributed by atoms with van der Waals surface area (Å²) in [6.45, 7) is 4.25. The number of carbonyl (C=O) groups is 3. The molecule has 2 rings (SSSR count). The van der Waals surface area contributed by atoms with E-state index in [0.717, 1.165) is 37.7 Å². The molecule has 1 aliphatic rings. The third-order valence-electron chi connectivity index (χ3n) is 5.09. The Balaban J connectivity index is 2.11. The van der Waals surface area contributed by atoms with Gasteiger partial charge in [-0.05, 0) is 49.8 Å². The minimum Gasteiger partial charge on any atom is -0.481 e. The van der Waals surface area contributed by atoms with Crippen LogP contribution in [-0.2, 0) is 9.59 Å². The molecule has 1 aromatic carbocycles. The highest BCUT2D eigenvalue weighted by molar-refractivity contribution is 5.98. The van der Waals surface area contributed by atoms with E-state index in [0.29, 0.717) is 17.8 Å². The maximum atomic E-state index is 12.6. The highest BCUT2D eigenvalue weighted by atomic mass is 16.4. The van der Waals surface area contributed by atoms with E-state index in [1.54, 1.807) is 18.2 Å². The predicted molar refractivity (Wildman–Crippen MR) is 100 cm³/mol. The third kappa shape index (κ3) is 5.31. The van der Waals surface area contributed by atoms with Gasteiger partial charge in [0.15, 0.2) is 0 Å². The number of benzene rings is 1. The van der Waals surface area contributed by atoms with Gasteiger partial charge in [-0.25, -0.2) is 0 Å². The van der Waals surface area contributed by atoms with Crippen LogP contribution < -0.4 is 10.6 Å². The van der Waals surface area contributed by atoms with Crippen molar-refractivity contribution in [2.24, 2.45) is 5.41 Å². The van der Waals surface area contributed by atoms with Gasteiger partial charge in [0, 0.05) is 24.2 Å². The number of rotatable bonds is 7. The number of carboxylic acids is 1. The Kier molecular flexibility index (Phi) is 6.77. The van der Waals surface area contributed by atoms with Crippen LogP contribution in [0.2, 0.25) is 0 Å². The standard InChI is InChI=1S/C20H28N2O4/c1-3-21-19(26)15-8-7-14(2)16(11-15)22-17(23)12-20(13-18(24)25)9-5-4-6-10-20/h7-8,11H,3-6,9-10,12-13H2,1-2H3,(H,21,26)(H,22,23)(H,24,25). The SMILES string of the molecule is CCNC(=O)c1ccc(C)c(NC(=O)CC2(CC(=O)O)CCCCC2)c1. The molecule has 6 heteroatoms. The average Bonchev–Trinajstić information content (AvgIpc) is 2.56. The van der Waals surface area contributed by atoms with Crippen molar-refractivity contribution in [1.29, 1.82) is 0 Å². The Morgan fingerprint density at radius 2 is 1.81 bits per heavy atom. The Bertz CT molecular complexity index is 678. The van der Waals surface area contributed by atoms with Crippen LogP contribution in [-0.4, -0.2) is 29.4 Å². The molecule has 0 aliphatic heterocycles. The molecule has 6 nitrogen and oxygen atoms in total. The molecule has 3 N–H and O–H groups in total. The van der Waals surface area contributed by atoms with E-state index in [1.807, 2.05) is 13.8 Å². The summed E-state index contributed by atoms with van der Waals surface area (Å²) in [5.41, 5.74) is 1.49. The number of aliphatic carboxylic acids is 1. The molecular weight excluding hydrogens is 332 g/mol. The predicted octanol–water partition coefficient (Wildman–Crippen LogP) is 3.50. The van der Waals surface area contributed by atoms with Crippen molar-refractivity contribution >= 4 is 23.5 Å². The van der Waals surface area contributed by atoms with Gasteiger partial charge in [-0.2, -0.15) is 0 Å². The first-order chi connectivity index (χ1) is 12.3. The zero-order chi connectivity index (χ0) is 19.2. The normalized spacial score (nSPS) is 15.9. The molecule has 1 saturated carbocycles. The minimum atomic E-state index is -0.853. The summed E-state index contributed by atoms with van der Waals surface area (Å²) in [6, 6.07) is 5.19. The maximum absolute atomic E-state index is 12.6. The lowest BCUT2D eigenvalue weighted by Gasteiger charge is -2.35. The van der Waals surface area contributed by atoms with Crippen molar-refractivity contribution < 1.29 is 19.5 Å². The van der Waals surface area contributed by atoms with Crippen molar-refractivity contribution in [1.82, 2.24) is 5.32 Å². The molecule has 0 radical (unpaired) electrons. The fourth-order valence-corrected chi connectivity index (χ4v) is 3.73. The molecule has 1 fully saturated rings. The summed E-state index contributed by atoms with van der Waals surface area (Å²) in [5.74, 6) is -1.23. The molecule has 0 spiro atoms. The molecule has 0 heterocycles. The summed E-state index contributed by atoms with van der Waals surface area (Å²) in [4.78, 5) is 35.9. The molecule has 0 atom stereocenters.